The highest BCUT2D eigenvalue weighted by Gasteiger charge is 2.35. The molecule has 2 N–H and O–H groups in total. The van der Waals surface area contributed by atoms with Crippen molar-refractivity contribution in [2.75, 3.05) is 19.7 Å². The zero-order chi connectivity index (χ0) is 12.6. The van der Waals surface area contributed by atoms with Crippen molar-refractivity contribution < 1.29 is 10.2 Å². The van der Waals surface area contributed by atoms with E-state index in [2.05, 4.69) is 35.2 Å². The van der Waals surface area contributed by atoms with Crippen molar-refractivity contribution in [1.29, 1.82) is 0 Å². The molecule has 96 valence electrons. The Morgan fingerprint density at radius 3 is 2.89 bits per heavy atom. The summed E-state index contributed by atoms with van der Waals surface area (Å²) in [6.07, 6.45) is 0.661. The molecule has 2 aromatic rings. The highest BCUT2D eigenvalue weighted by molar-refractivity contribution is 7.19. The number of thiophene rings is 1. The van der Waals surface area contributed by atoms with Crippen LogP contribution in [0.1, 0.15) is 11.3 Å². The van der Waals surface area contributed by atoms with Crippen LogP contribution in [0.3, 0.4) is 0 Å². The number of β-amino-alcohol motifs (C(OH)–C–C–N with tert-alkyl or cyclic N) is 1. The van der Waals surface area contributed by atoms with E-state index in [1.807, 2.05) is 0 Å². The van der Waals surface area contributed by atoms with Gasteiger partial charge in [0.25, 0.3) is 0 Å². The molecule has 2 heterocycles. The van der Waals surface area contributed by atoms with Crippen molar-refractivity contribution in [2.45, 2.75) is 18.6 Å². The summed E-state index contributed by atoms with van der Waals surface area (Å²) >= 11 is 1.81. The largest absolute Gasteiger partial charge is 0.393 e. The van der Waals surface area contributed by atoms with Crippen LogP contribution < -0.4 is 0 Å². The third-order valence-corrected chi connectivity index (χ3v) is 4.66. The molecule has 1 fully saturated rings. The lowest BCUT2D eigenvalue weighted by molar-refractivity contribution is -0.00574. The monoisotopic (exact) mass is 263 g/mol. The fourth-order valence-corrected chi connectivity index (χ4v) is 3.65. The van der Waals surface area contributed by atoms with Crippen LogP contribution in [-0.2, 0) is 6.54 Å². The Hall–Kier alpha value is -0.940. The first-order chi connectivity index (χ1) is 8.68. The van der Waals surface area contributed by atoms with Crippen LogP contribution in [-0.4, -0.2) is 40.4 Å². The topological polar surface area (TPSA) is 43.7 Å². The van der Waals surface area contributed by atoms with Gasteiger partial charge < -0.3 is 10.2 Å². The average molecular weight is 263 g/mol. The van der Waals surface area contributed by atoms with Gasteiger partial charge in [-0.3, -0.25) is 4.90 Å². The molecule has 4 heteroatoms. The standard InChI is InChI=1S/C14H17NO2S/c16-10-14(17)5-6-15(9-14)8-12-7-11-3-1-2-4-13(11)18-12/h1-4,7,16-17H,5-6,8-10H2/t14-/m0/s1. The molecule has 1 aromatic heterocycles. The first-order valence-corrected chi connectivity index (χ1v) is 7.03. The Labute approximate surface area is 110 Å². The molecule has 1 aliphatic heterocycles. The van der Waals surface area contributed by atoms with Crippen LogP contribution >= 0.6 is 11.3 Å². The molecule has 18 heavy (non-hydrogen) atoms. The van der Waals surface area contributed by atoms with Crippen LogP contribution in [0.15, 0.2) is 30.3 Å². The van der Waals surface area contributed by atoms with Crippen LogP contribution in [0.2, 0.25) is 0 Å². The quantitative estimate of drug-likeness (QED) is 0.888. The molecule has 1 saturated heterocycles. The SMILES string of the molecule is OC[C@]1(O)CCN(Cc2cc3ccccc3s2)C1. The second kappa shape index (κ2) is 4.63. The van der Waals surface area contributed by atoms with Crippen LogP contribution in [0.5, 0.6) is 0 Å². The molecule has 0 radical (unpaired) electrons. The fourth-order valence-electron chi connectivity index (χ4n) is 2.54. The van der Waals surface area contributed by atoms with Gasteiger partial charge in [-0.05, 0) is 23.9 Å². The molecule has 0 aliphatic carbocycles. The smallest absolute Gasteiger partial charge is 0.102 e. The first-order valence-electron chi connectivity index (χ1n) is 6.22. The number of benzene rings is 1. The lowest BCUT2D eigenvalue weighted by Gasteiger charge is -2.20. The van der Waals surface area contributed by atoms with E-state index in [1.165, 1.54) is 15.0 Å². The maximum atomic E-state index is 10.00. The predicted octanol–water partition coefficient (Wildman–Crippen LogP) is 1.83. The van der Waals surface area contributed by atoms with Crippen molar-refractivity contribution in [3.8, 4) is 0 Å². The summed E-state index contributed by atoms with van der Waals surface area (Å²) in [5.41, 5.74) is -0.892. The van der Waals surface area contributed by atoms with Gasteiger partial charge in [0.15, 0.2) is 0 Å². The van der Waals surface area contributed by atoms with Gasteiger partial charge in [-0.25, -0.2) is 0 Å². The lowest BCUT2D eigenvalue weighted by Crippen LogP contribution is -2.36. The van der Waals surface area contributed by atoms with E-state index in [0.717, 1.165) is 13.1 Å². The number of aliphatic hydroxyl groups excluding tert-OH is 1. The molecule has 1 atom stereocenters. The minimum absolute atomic E-state index is 0.143. The Morgan fingerprint density at radius 1 is 1.33 bits per heavy atom. The minimum Gasteiger partial charge on any atom is -0.393 e. The number of hydrogen-bond donors (Lipinski definition) is 2. The number of aliphatic hydroxyl groups is 2. The molecule has 1 aliphatic rings. The molecule has 0 bridgehead atoms. The minimum atomic E-state index is -0.892. The number of nitrogens with zero attached hydrogens (tertiary/aromatic N) is 1. The summed E-state index contributed by atoms with van der Waals surface area (Å²) in [6.45, 7) is 2.14. The Morgan fingerprint density at radius 2 is 2.17 bits per heavy atom. The second-order valence-corrected chi connectivity index (χ2v) is 6.26. The third-order valence-electron chi connectivity index (χ3n) is 3.56. The molecule has 0 unspecified atom stereocenters. The van der Waals surface area contributed by atoms with E-state index in [1.54, 1.807) is 11.3 Å². The van der Waals surface area contributed by atoms with Crippen molar-refractivity contribution in [2.24, 2.45) is 0 Å². The Kier molecular flexibility index (Phi) is 3.11. The van der Waals surface area contributed by atoms with Crippen LogP contribution in [0, 0.1) is 0 Å². The lowest BCUT2D eigenvalue weighted by atomic mass is 10.1. The summed E-state index contributed by atoms with van der Waals surface area (Å²) in [5.74, 6) is 0. The zero-order valence-corrected chi connectivity index (χ0v) is 11.0. The van der Waals surface area contributed by atoms with Crippen molar-refractivity contribution >= 4 is 21.4 Å². The molecule has 0 saturated carbocycles. The van der Waals surface area contributed by atoms with E-state index < -0.39 is 5.60 Å². The number of likely N-dealkylation sites (tertiary alicyclic amines) is 1. The Bertz CT molecular complexity index is 520. The van der Waals surface area contributed by atoms with Gasteiger partial charge in [0.2, 0.25) is 0 Å². The van der Waals surface area contributed by atoms with E-state index in [9.17, 15) is 5.11 Å². The summed E-state index contributed by atoms with van der Waals surface area (Å²) in [5, 5.41) is 20.4. The molecule has 1 aromatic carbocycles. The van der Waals surface area contributed by atoms with Crippen molar-refractivity contribution in [1.82, 2.24) is 4.90 Å². The van der Waals surface area contributed by atoms with Gasteiger partial charge in [0.05, 0.1) is 6.61 Å². The van der Waals surface area contributed by atoms with E-state index in [4.69, 9.17) is 5.11 Å². The number of fused-ring (bicyclic) bond motifs is 1. The summed E-state index contributed by atoms with van der Waals surface area (Å²) < 4.78 is 1.31. The van der Waals surface area contributed by atoms with Gasteiger partial charge in [0.1, 0.15) is 5.60 Å². The Balaban J connectivity index is 1.73. The van der Waals surface area contributed by atoms with Crippen molar-refractivity contribution in [3.63, 3.8) is 0 Å². The van der Waals surface area contributed by atoms with Gasteiger partial charge in [-0.1, -0.05) is 18.2 Å². The zero-order valence-electron chi connectivity index (χ0n) is 10.2. The van der Waals surface area contributed by atoms with Crippen molar-refractivity contribution in [3.05, 3.63) is 35.2 Å². The van der Waals surface area contributed by atoms with E-state index in [0.29, 0.717) is 13.0 Å². The van der Waals surface area contributed by atoms with Crippen LogP contribution in [0.4, 0.5) is 0 Å². The summed E-state index contributed by atoms with van der Waals surface area (Å²) in [6, 6.07) is 10.6. The number of hydrogen-bond acceptors (Lipinski definition) is 4. The fraction of sp³-hybridized carbons (Fsp3) is 0.429. The number of rotatable bonds is 3. The highest BCUT2D eigenvalue weighted by atomic mass is 32.1. The first kappa shape index (κ1) is 12.1. The molecular weight excluding hydrogens is 246 g/mol. The predicted molar refractivity (Wildman–Crippen MR) is 73.8 cm³/mol. The maximum absolute atomic E-state index is 10.00. The average Bonchev–Trinajstić information content (AvgIpc) is 2.93. The molecular formula is C14H17NO2S. The van der Waals surface area contributed by atoms with E-state index >= 15 is 0 Å². The van der Waals surface area contributed by atoms with E-state index in [-0.39, 0.29) is 6.61 Å². The summed E-state index contributed by atoms with van der Waals surface area (Å²) in [4.78, 5) is 3.53. The normalized spacial score (nSPS) is 25.0. The second-order valence-electron chi connectivity index (χ2n) is 5.09. The maximum Gasteiger partial charge on any atom is 0.102 e. The molecule has 3 rings (SSSR count). The van der Waals surface area contributed by atoms with Gasteiger partial charge in [-0.2, -0.15) is 0 Å². The third kappa shape index (κ3) is 2.29. The highest BCUT2D eigenvalue weighted by Crippen LogP contribution is 2.28. The van der Waals surface area contributed by atoms with Gasteiger partial charge in [-0.15, -0.1) is 11.3 Å². The van der Waals surface area contributed by atoms with Gasteiger partial charge >= 0.3 is 0 Å². The van der Waals surface area contributed by atoms with Gasteiger partial charge in [0, 0.05) is 29.2 Å². The molecule has 3 nitrogen and oxygen atoms in total. The van der Waals surface area contributed by atoms with Crippen LogP contribution in [0.25, 0.3) is 10.1 Å². The summed E-state index contributed by atoms with van der Waals surface area (Å²) in [7, 11) is 0. The molecule has 0 amide bonds. The molecule has 0 spiro atoms.